The number of halogens is 2. The van der Waals surface area contributed by atoms with E-state index < -0.39 is 12.1 Å². The van der Waals surface area contributed by atoms with E-state index in [1.54, 1.807) is 19.1 Å². The molecule has 0 heterocycles. The van der Waals surface area contributed by atoms with E-state index >= 15 is 0 Å². The van der Waals surface area contributed by atoms with Gasteiger partial charge in [0.25, 0.3) is 0 Å². The number of hydrogen-bond donors (Lipinski definition) is 2. The molecule has 72 valence electrons. The van der Waals surface area contributed by atoms with E-state index in [0.717, 1.165) is 0 Å². The van der Waals surface area contributed by atoms with E-state index in [1.165, 1.54) is 6.07 Å². The van der Waals surface area contributed by atoms with Crippen molar-refractivity contribution in [3.05, 3.63) is 33.1 Å². The van der Waals surface area contributed by atoms with E-state index in [-0.39, 0.29) is 5.82 Å². The van der Waals surface area contributed by atoms with Crippen molar-refractivity contribution in [1.29, 1.82) is 0 Å². The molecular formula is C9H11FINO. The van der Waals surface area contributed by atoms with Crippen LogP contribution in [0.25, 0.3) is 0 Å². The third-order valence-electron chi connectivity index (χ3n) is 1.86. The van der Waals surface area contributed by atoms with Gasteiger partial charge in [0.05, 0.1) is 15.7 Å². The Morgan fingerprint density at radius 1 is 1.54 bits per heavy atom. The maximum atomic E-state index is 13.1. The van der Waals surface area contributed by atoms with Crippen LogP contribution in [0.1, 0.15) is 18.5 Å². The standard InChI is InChI=1S/C9H11FINO/c1-5(13)9(12)6-3-2-4-7(10)8(6)11/h2-5,9,13H,12H2,1H3/t5-,9+/m0/s1. The molecule has 0 aliphatic heterocycles. The van der Waals surface area contributed by atoms with Crippen molar-refractivity contribution in [3.63, 3.8) is 0 Å². The van der Waals surface area contributed by atoms with Gasteiger partial charge in [-0.05, 0) is 41.1 Å². The van der Waals surface area contributed by atoms with Gasteiger partial charge in [0.2, 0.25) is 0 Å². The monoisotopic (exact) mass is 295 g/mol. The Morgan fingerprint density at radius 3 is 2.69 bits per heavy atom. The Balaban J connectivity index is 3.07. The molecule has 0 saturated heterocycles. The lowest BCUT2D eigenvalue weighted by Gasteiger charge is -2.16. The molecule has 1 aromatic carbocycles. The normalized spacial score (nSPS) is 15.5. The molecule has 0 aliphatic carbocycles. The Morgan fingerprint density at radius 2 is 2.15 bits per heavy atom. The summed E-state index contributed by atoms with van der Waals surface area (Å²) in [4.78, 5) is 0. The van der Waals surface area contributed by atoms with Crippen LogP contribution in [0.3, 0.4) is 0 Å². The first kappa shape index (κ1) is 10.9. The Kier molecular flexibility index (Phi) is 3.63. The SMILES string of the molecule is C[C@H](O)[C@@H](N)c1cccc(F)c1I. The topological polar surface area (TPSA) is 46.2 Å². The van der Waals surface area contributed by atoms with Gasteiger partial charge in [-0.25, -0.2) is 4.39 Å². The summed E-state index contributed by atoms with van der Waals surface area (Å²) in [6.07, 6.45) is -0.671. The van der Waals surface area contributed by atoms with Gasteiger partial charge in [-0.3, -0.25) is 0 Å². The number of aliphatic hydroxyl groups excluding tert-OH is 1. The molecule has 0 spiro atoms. The lowest BCUT2D eigenvalue weighted by molar-refractivity contribution is 0.164. The second-order valence-electron chi connectivity index (χ2n) is 2.91. The van der Waals surface area contributed by atoms with Crippen LogP contribution in [0, 0.1) is 9.39 Å². The number of nitrogens with two attached hydrogens (primary N) is 1. The first-order valence-electron chi connectivity index (χ1n) is 3.91. The summed E-state index contributed by atoms with van der Waals surface area (Å²) in [6, 6.07) is 4.17. The molecule has 13 heavy (non-hydrogen) atoms. The second kappa shape index (κ2) is 4.34. The number of hydrogen-bond acceptors (Lipinski definition) is 2. The largest absolute Gasteiger partial charge is 0.391 e. The van der Waals surface area contributed by atoms with Gasteiger partial charge < -0.3 is 10.8 Å². The maximum Gasteiger partial charge on any atom is 0.136 e. The summed E-state index contributed by atoms with van der Waals surface area (Å²) < 4.78 is 13.5. The minimum absolute atomic E-state index is 0.297. The van der Waals surface area contributed by atoms with Crippen LogP contribution in [0.5, 0.6) is 0 Å². The molecule has 1 aromatic rings. The van der Waals surface area contributed by atoms with E-state index in [9.17, 15) is 9.50 Å². The molecule has 0 unspecified atom stereocenters. The molecule has 0 saturated carbocycles. The van der Waals surface area contributed by atoms with Crippen LogP contribution in [0.4, 0.5) is 4.39 Å². The summed E-state index contributed by atoms with van der Waals surface area (Å²) >= 11 is 1.89. The van der Waals surface area contributed by atoms with E-state index in [2.05, 4.69) is 0 Å². The van der Waals surface area contributed by atoms with Gasteiger partial charge in [0.15, 0.2) is 0 Å². The highest BCUT2D eigenvalue weighted by atomic mass is 127. The van der Waals surface area contributed by atoms with E-state index in [1.807, 2.05) is 22.6 Å². The number of benzene rings is 1. The lowest BCUT2D eigenvalue weighted by Crippen LogP contribution is -2.24. The van der Waals surface area contributed by atoms with Crippen LogP contribution >= 0.6 is 22.6 Å². The zero-order valence-corrected chi connectivity index (χ0v) is 9.32. The fourth-order valence-corrected chi connectivity index (χ4v) is 1.76. The molecule has 0 amide bonds. The van der Waals surface area contributed by atoms with Crippen molar-refractivity contribution in [2.24, 2.45) is 5.73 Å². The van der Waals surface area contributed by atoms with Gasteiger partial charge in [-0.1, -0.05) is 12.1 Å². The number of aliphatic hydroxyl groups is 1. The van der Waals surface area contributed by atoms with Crippen molar-refractivity contribution < 1.29 is 9.50 Å². The smallest absolute Gasteiger partial charge is 0.136 e. The summed E-state index contributed by atoms with van der Waals surface area (Å²) in [5, 5.41) is 9.24. The molecule has 2 nitrogen and oxygen atoms in total. The molecule has 2 atom stereocenters. The summed E-state index contributed by atoms with van der Waals surface area (Å²) in [5.74, 6) is -0.297. The predicted molar refractivity (Wildman–Crippen MR) is 57.7 cm³/mol. The Hall–Kier alpha value is -0.200. The molecular weight excluding hydrogens is 284 g/mol. The van der Waals surface area contributed by atoms with Crippen molar-refractivity contribution in [2.75, 3.05) is 0 Å². The lowest BCUT2D eigenvalue weighted by atomic mass is 10.0. The maximum absolute atomic E-state index is 13.1. The predicted octanol–water partition coefficient (Wildman–Crippen LogP) is 1.81. The Bertz CT molecular complexity index is 304. The average molecular weight is 295 g/mol. The molecule has 0 aromatic heterocycles. The molecule has 0 fully saturated rings. The third-order valence-corrected chi connectivity index (χ3v) is 3.00. The molecule has 4 heteroatoms. The summed E-state index contributed by atoms with van der Waals surface area (Å²) in [6.45, 7) is 1.59. The van der Waals surface area contributed by atoms with Gasteiger partial charge in [0.1, 0.15) is 5.82 Å². The minimum Gasteiger partial charge on any atom is -0.391 e. The van der Waals surface area contributed by atoms with Crippen LogP contribution < -0.4 is 5.73 Å². The van der Waals surface area contributed by atoms with E-state index in [0.29, 0.717) is 9.13 Å². The first-order chi connectivity index (χ1) is 6.04. The molecule has 0 bridgehead atoms. The van der Waals surface area contributed by atoms with Crippen LogP contribution in [-0.4, -0.2) is 11.2 Å². The Labute approximate surface area is 90.1 Å². The van der Waals surface area contributed by atoms with Gasteiger partial charge in [-0.2, -0.15) is 0 Å². The number of rotatable bonds is 2. The quantitative estimate of drug-likeness (QED) is 0.817. The van der Waals surface area contributed by atoms with Crippen LogP contribution in [-0.2, 0) is 0 Å². The van der Waals surface area contributed by atoms with Crippen molar-refractivity contribution in [1.82, 2.24) is 0 Å². The zero-order valence-electron chi connectivity index (χ0n) is 7.17. The fourth-order valence-electron chi connectivity index (χ4n) is 1.04. The van der Waals surface area contributed by atoms with Crippen LogP contribution in [0.15, 0.2) is 18.2 Å². The second-order valence-corrected chi connectivity index (χ2v) is 3.99. The summed E-state index contributed by atoms with van der Waals surface area (Å²) in [5.41, 5.74) is 6.33. The summed E-state index contributed by atoms with van der Waals surface area (Å²) in [7, 11) is 0. The average Bonchev–Trinajstić information content (AvgIpc) is 2.08. The van der Waals surface area contributed by atoms with Gasteiger partial charge in [0, 0.05) is 0 Å². The highest BCUT2D eigenvalue weighted by molar-refractivity contribution is 14.1. The molecule has 3 N–H and O–H groups in total. The molecule has 0 radical (unpaired) electrons. The molecule has 0 aliphatic rings. The van der Waals surface area contributed by atoms with E-state index in [4.69, 9.17) is 5.73 Å². The zero-order chi connectivity index (χ0) is 10.0. The van der Waals surface area contributed by atoms with Crippen LogP contribution in [0.2, 0.25) is 0 Å². The van der Waals surface area contributed by atoms with Crippen molar-refractivity contribution in [3.8, 4) is 0 Å². The highest BCUT2D eigenvalue weighted by Gasteiger charge is 2.16. The first-order valence-corrected chi connectivity index (χ1v) is 4.99. The minimum atomic E-state index is -0.671. The van der Waals surface area contributed by atoms with Gasteiger partial charge >= 0.3 is 0 Å². The molecule has 1 rings (SSSR count). The fraction of sp³-hybridized carbons (Fsp3) is 0.333. The highest BCUT2D eigenvalue weighted by Crippen LogP contribution is 2.22. The van der Waals surface area contributed by atoms with Crippen molar-refractivity contribution in [2.45, 2.75) is 19.1 Å². The third kappa shape index (κ3) is 2.38. The van der Waals surface area contributed by atoms with Gasteiger partial charge in [-0.15, -0.1) is 0 Å². The van der Waals surface area contributed by atoms with Crippen molar-refractivity contribution >= 4 is 22.6 Å².